The number of halogens is 1. The zero-order valence-corrected chi connectivity index (χ0v) is 18.2. The Morgan fingerprint density at radius 3 is 2.67 bits per heavy atom. The maximum atomic E-state index is 12.3. The zero-order valence-electron chi connectivity index (χ0n) is 16.6. The Morgan fingerprint density at radius 2 is 1.90 bits per heavy atom. The summed E-state index contributed by atoms with van der Waals surface area (Å²) in [5, 5.41) is 6.45. The van der Waals surface area contributed by atoms with Gasteiger partial charge in [0.2, 0.25) is 5.91 Å². The van der Waals surface area contributed by atoms with E-state index in [1.165, 1.54) is 5.56 Å². The monoisotopic (exact) mass is 441 g/mol. The number of carbonyl (C=O) groups excluding carboxylic acids is 1. The van der Waals surface area contributed by atoms with E-state index in [1.807, 2.05) is 29.6 Å². The average molecular weight is 442 g/mol. The first kappa shape index (κ1) is 21.0. The number of benzene rings is 2. The summed E-state index contributed by atoms with van der Waals surface area (Å²) in [6, 6.07) is 16.0. The lowest BCUT2D eigenvalue weighted by Gasteiger charge is -2.26. The Bertz CT molecular complexity index is 984. The lowest BCUT2D eigenvalue weighted by molar-refractivity contribution is -0.120. The third kappa shape index (κ3) is 5.67. The van der Waals surface area contributed by atoms with Crippen LogP contribution in [-0.4, -0.2) is 42.1 Å². The molecule has 0 aliphatic carbocycles. The predicted octanol–water partition coefficient (Wildman–Crippen LogP) is 4.15. The number of aromatic nitrogens is 1. The van der Waals surface area contributed by atoms with E-state index < -0.39 is 0 Å². The van der Waals surface area contributed by atoms with Crippen LogP contribution in [0.2, 0.25) is 5.02 Å². The van der Waals surface area contributed by atoms with Gasteiger partial charge in [0, 0.05) is 42.1 Å². The van der Waals surface area contributed by atoms with Crippen LogP contribution in [0.1, 0.15) is 16.8 Å². The summed E-state index contributed by atoms with van der Waals surface area (Å²) in [7, 11) is 0. The highest BCUT2D eigenvalue weighted by atomic mass is 35.5. The van der Waals surface area contributed by atoms with Gasteiger partial charge in [-0.3, -0.25) is 9.69 Å². The van der Waals surface area contributed by atoms with Gasteiger partial charge in [-0.15, -0.1) is 11.3 Å². The molecule has 0 atom stereocenters. The second-order valence-electron chi connectivity index (χ2n) is 7.27. The Balaban J connectivity index is 1.31. The summed E-state index contributed by atoms with van der Waals surface area (Å²) >= 11 is 7.70. The molecule has 1 aliphatic rings. The van der Waals surface area contributed by atoms with E-state index in [0.717, 1.165) is 54.7 Å². The SMILES string of the molecule is O=C(Cc1csc(-c2ccc(CN3CCOCC3)cc2)n1)NCc1ccccc1Cl. The quantitative estimate of drug-likeness (QED) is 0.598. The number of rotatable bonds is 7. The maximum Gasteiger partial charge on any atom is 0.226 e. The smallest absolute Gasteiger partial charge is 0.226 e. The number of thiazole rings is 1. The Morgan fingerprint density at radius 1 is 1.13 bits per heavy atom. The molecule has 0 radical (unpaired) electrons. The van der Waals surface area contributed by atoms with Gasteiger partial charge in [-0.25, -0.2) is 4.98 Å². The highest BCUT2D eigenvalue weighted by Gasteiger charge is 2.12. The van der Waals surface area contributed by atoms with E-state index in [-0.39, 0.29) is 12.3 Å². The highest BCUT2D eigenvalue weighted by molar-refractivity contribution is 7.13. The van der Waals surface area contributed by atoms with Crippen molar-refractivity contribution in [1.29, 1.82) is 0 Å². The second-order valence-corrected chi connectivity index (χ2v) is 8.54. The van der Waals surface area contributed by atoms with Crippen molar-refractivity contribution in [2.45, 2.75) is 19.5 Å². The number of hydrogen-bond donors (Lipinski definition) is 1. The van der Waals surface area contributed by atoms with Gasteiger partial charge in [0.1, 0.15) is 5.01 Å². The van der Waals surface area contributed by atoms with E-state index in [1.54, 1.807) is 11.3 Å². The van der Waals surface area contributed by atoms with E-state index in [0.29, 0.717) is 11.6 Å². The molecule has 3 aromatic rings. The van der Waals surface area contributed by atoms with Crippen LogP contribution in [0.15, 0.2) is 53.9 Å². The van der Waals surface area contributed by atoms with Gasteiger partial charge in [-0.2, -0.15) is 0 Å². The molecular formula is C23H24ClN3O2S. The number of hydrogen-bond acceptors (Lipinski definition) is 5. The lowest BCUT2D eigenvalue weighted by Crippen LogP contribution is -2.35. The molecule has 7 heteroatoms. The Hall–Kier alpha value is -2.25. The van der Waals surface area contributed by atoms with Crippen molar-refractivity contribution < 1.29 is 9.53 Å². The molecule has 2 aromatic carbocycles. The van der Waals surface area contributed by atoms with Crippen molar-refractivity contribution in [1.82, 2.24) is 15.2 Å². The largest absolute Gasteiger partial charge is 0.379 e. The summed E-state index contributed by atoms with van der Waals surface area (Å²) in [6.45, 7) is 4.95. The van der Waals surface area contributed by atoms with Crippen LogP contribution >= 0.6 is 22.9 Å². The Kier molecular flexibility index (Phi) is 7.12. The molecule has 0 bridgehead atoms. The topological polar surface area (TPSA) is 54.5 Å². The predicted molar refractivity (Wildman–Crippen MR) is 121 cm³/mol. The molecule has 4 rings (SSSR count). The molecule has 5 nitrogen and oxygen atoms in total. The van der Waals surface area contributed by atoms with Gasteiger partial charge in [0.05, 0.1) is 25.3 Å². The summed E-state index contributed by atoms with van der Waals surface area (Å²) in [4.78, 5) is 19.3. The minimum absolute atomic E-state index is 0.0624. The molecule has 1 N–H and O–H groups in total. The van der Waals surface area contributed by atoms with Crippen LogP contribution in [0.3, 0.4) is 0 Å². The fourth-order valence-electron chi connectivity index (χ4n) is 3.35. The minimum Gasteiger partial charge on any atom is -0.379 e. The molecule has 2 heterocycles. The molecule has 30 heavy (non-hydrogen) atoms. The van der Waals surface area contributed by atoms with Crippen LogP contribution in [-0.2, 0) is 29.0 Å². The minimum atomic E-state index is -0.0624. The number of ether oxygens (including phenoxy) is 1. The van der Waals surface area contributed by atoms with Crippen LogP contribution in [0, 0.1) is 0 Å². The maximum absolute atomic E-state index is 12.3. The van der Waals surface area contributed by atoms with Gasteiger partial charge in [-0.05, 0) is 17.2 Å². The fraction of sp³-hybridized carbons (Fsp3) is 0.304. The van der Waals surface area contributed by atoms with Gasteiger partial charge < -0.3 is 10.1 Å². The second kappa shape index (κ2) is 10.2. The van der Waals surface area contributed by atoms with Gasteiger partial charge >= 0.3 is 0 Å². The number of morpholine rings is 1. The van der Waals surface area contributed by atoms with Gasteiger partial charge in [0.25, 0.3) is 0 Å². The van der Waals surface area contributed by atoms with Gasteiger partial charge in [0.15, 0.2) is 0 Å². The number of nitrogens with zero attached hydrogens (tertiary/aromatic N) is 2. The van der Waals surface area contributed by atoms with Crippen molar-refractivity contribution in [2.75, 3.05) is 26.3 Å². The van der Waals surface area contributed by atoms with E-state index in [9.17, 15) is 4.79 Å². The molecule has 0 saturated carbocycles. The van der Waals surface area contributed by atoms with Crippen molar-refractivity contribution in [3.8, 4) is 10.6 Å². The van der Waals surface area contributed by atoms with E-state index >= 15 is 0 Å². The first-order valence-corrected chi connectivity index (χ1v) is 11.3. The average Bonchev–Trinajstić information content (AvgIpc) is 3.23. The Labute approximate surface area is 185 Å². The van der Waals surface area contributed by atoms with E-state index in [2.05, 4.69) is 39.5 Å². The molecule has 1 saturated heterocycles. The third-order valence-electron chi connectivity index (χ3n) is 5.04. The normalized spacial score (nSPS) is 14.6. The highest BCUT2D eigenvalue weighted by Crippen LogP contribution is 2.25. The lowest BCUT2D eigenvalue weighted by atomic mass is 10.1. The standard InChI is InChI=1S/C23H24ClN3O2S/c24-21-4-2-1-3-19(21)14-25-22(28)13-20-16-30-23(26-20)18-7-5-17(6-8-18)15-27-9-11-29-12-10-27/h1-8,16H,9-15H2,(H,25,28). The first-order chi connectivity index (χ1) is 14.7. The first-order valence-electron chi connectivity index (χ1n) is 10.0. The fourth-order valence-corrected chi connectivity index (χ4v) is 4.38. The third-order valence-corrected chi connectivity index (χ3v) is 6.35. The van der Waals surface area contributed by atoms with Crippen LogP contribution < -0.4 is 5.32 Å². The van der Waals surface area contributed by atoms with Crippen LogP contribution in [0.4, 0.5) is 0 Å². The summed E-state index contributed by atoms with van der Waals surface area (Å²) in [6.07, 6.45) is 0.260. The molecular weight excluding hydrogens is 418 g/mol. The molecule has 0 spiro atoms. The number of nitrogens with one attached hydrogen (secondary N) is 1. The van der Waals surface area contributed by atoms with Crippen molar-refractivity contribution in [3.05, 3.63) is 75.8 Å². The molecule has 1 aliphatic heterocycles. The molecule has 1 fully saturated rings. The summed E-state index contributed by atoms with van der Waals surface area (Å²) in [5.41, 5.74) is 4.05. The summed E-state index contributed by atoms with van der Waals surface area (Å²) < 4.78 is 5.40. The van der Waals surface area contributed by atoms with Crippen molar-refractivity contribution in [3.63, 3.8) is 0 Å². The van der Waals surface area contributed by atoms with Crippen LogP contribution in [0.25, 0.3) is 10.6 Å². The molecule has 0 unspecified atom stereocenters. The van der Waals surface area contributed by atoms with Crippen LogP contribution in [0.5, 0.6) is 0 Å². The molecule has 1 aromatic heterocycles. The van der Waals surface area contributed by atoms with E-state index in [4.69, 9.17) is 16.3 Å². The molecule has 156 valence electrons. The summed E-state index contributed by atoms with van der Waals surface area (Å²) in [5.74, 6) is -0.0624. The number of carbonyl (C=O) groups is 1. The number of amides is 1. The zero-order chi connectivity index (χ0) is 20.8. The van der Waals surface area contributed by atoms with Crippen molar-refractivity contribution >= 4 is 28.8 Å². The van der Waals surface area contributed by atoms with Crippen molar-refractivity contribution in [2.24, 2.45) is 0 Å². The molecule has 1 amide bonds. The van der Waals surface area contributed by atoms with Gasteiger partial charge in [-0.1, -0.05) is 54.1 Å².